The van der Waals surface area contributed by atoms with Crippen molar-refractivity contribution in [2.75, 3.05) is 56.4 Å². The molecule has 0 aromatic heterocycles. The van der Waals surface area contributed by atoms with E-state index in [0.29, 0.717) is 11.3 Å². The summed E-state index contributed by atoms with van der Waals surface area (Å²) in [4.78, 5) is 28.6. The molecule has 0 atom stereocenters. The average Bonchev–Trinajstić information content (AvgIpc) is 2.75. The number of hydrogen-bond donors (Lipinski definition) is 1. The molecule has 1 aliphatic heterocycles. The number of anilines is 2. The Morgan fingerprint density at radius 2 is 1.72 bits per heavy atom. The van der Waals surface area contributed by atoms with Gasteiger partial charge in [0.25, 0.3) is 5.91 Å². The zero-order valence-electron chi connectivity index (χ0n) is 16.9. The van der Waals surface area contributed by atoms with E-state index in [0.717, 1.165) is 37.7 Å². The zero-order valence-corrected chi connectivity index (χ0v) is 17.7. The summed E-state index contributed by atoms with van der Waals surface area (Å²) in [5.41, 5.74) is 3.59. The summed E-state index contributed by atoms with van der Waals surface area (Å²) in [6.07, 6.45) is 2.04. The van der Waals surface area contributed by atoms with Gasteiger partial charge >= 0.3 is 0 Å². The second-order valence-electron chi connectivity index (χ2n) is 6.99. The van der Waals surface area contributed by atoms with Gasteiger partial charge in [-0.2, -0.15) is 11.8 Å². The number of nitrogens with zero attached hydrogens (tertiary/aromatic N) is 2. The van der Waals surface area contributed by atoms with Gasteiger partial charge in [0.05, 0.1) is 19.8 Å². The highest BCUT2D eigenvalue weighted by Gasteiger charge is 2.16. The fourth-order valence-electron chi connectivity index (χ4n) is 3.20. The highest BCUT2D eigenvalue weighted by molar-refractivity contribution is 7.97. The van der Waals surface area contributed by atoms with E-state index < -0.39 is 0 Å². The minimum absolute atomic E-state index is 0.00336. The Labute approximate surface area is 176 Å². The van der Waals surface area contributed by atoms with Crippen LogP contribution >= 0.6 is 11.8 Å². The van der Waals surface area contributed by atoms with Gasteiger partial charge < -0.3 is 19.9 Å². The summed E-state index contributed by atoms with van der Waals surface area (Å²) in [6.45, 7) is 3.21. The van der Waals surface area contributed by atoms with E-state index in [-0.39, 0.29) is 18.4 Å². The molecule has 1 N–H and O–H groups in total. The Morgan fingerprint density at radius 1 is 1.07 bits per heavy atom. The highest BCUT2D eigenvalue weighted by Crippen LogP contribution is 2.19. The van der Waals surface area contributed by atoms with Gasteiger partial charge in [-0.25, -0.2) is 0 Å². The first-order valence-corrected chi connectivity index (χ1v) is 11.0. The topological polar surface area (TPSA) is 61.9 Å². The number of hydrogen-bond acceptors (Lipinski definition) is 5. The first kappa shape index (κ1) is 21.2. The molecule has 0 unspecified atom stereocenters. The molecule has 3 rings (SSSR count). The molecule has 1 fully saturated rings. The summed E-state index contributed by atoms with van der Waals surface area (Å²) in [5.74, 6) is 0.523. The van der Waals surface area contributed by atoms with E-state index in [1.54, 1.807) is 18.8 Å². The van der Waals surface area contributed by atoms with Gasteiger partial charge in [0.1, 0.15) is 0 Å². The first-order valence-electron chi connectivity index (χ1n) is 9.63. The summed E-state index contributed by atoms with van der Waals surface area (Å²) in [6, 6.07) is 15.3. The lowest BCUT2D eigenvalue weighted by Gasteiger charge is -2.28. The summed E-state index contributed by atoms with van der Waals surface area (Å²) >= 11 is 1.74. The van der Waals surface area contributed by atoms with Gasteiger partial charge in [0.15, 0.2) is 0 Å². The van der Waals surface area contributed by atoms with Crippen LogP contribution in [0.2, 0.25) is 0 Å². The van der Waals surface area contributed by atoms with E-state index in [9.17, 15) is 9.59 Å². The summed E-state index contributed by atoms with van der Waals surface area (Å²) < 4.78 is 5.37. The van der Waals surface area contributed by atoms with Gasteiger partial charge in [-0.05, 0) is 48.2 Å². The third-order valence-corrected chi connectivity index (χ3v) is 5.39. The van der Waals surface area contributed by atoms with Crippen molar-refractivity contribution in [2.24, 2.45) is 0 Å². The Bertz CT molecular complexity index is 818. The Hall–Kier alpha value is -2.51. The molecule has 0 aliphatic carbocycles. The largest absolute Gasteiger partial charge is 0.378 e. The van der Waals surface area contributed by atoms with Crippen molar-refractivity contribution in [1.29, 1.82) is 0 Å². The lowest BCUT2D eigenvalue weighted by molar-refractivity contribution is -0.116. The summed E-state index contributed by atoms with van der Waals surface area (Å²) in [5, 5.41) is 2.86. The normalized spacial score (nSPS) is 13.8. The molecule has 0 spiro atoms. The molecule has 0 saturated carbocycles. The van der Waals surface area contributed by atoms with Crippen LogP contribution in [0, 0.1) is 0 Å². The van der Waals surface area contributed by atoms with Crippen LogP contribution < -0.4 is 10.2 Å². The fourth-order valence-corrected chi connectivity index (χ4v) is 3.72. The fraction of sp³-hybridized carbons (Fsp3) is 0.364. The lowest BCUT2D eigenvalue weighted by atomic mass is 10.1. The third-order valence-electron chi connectivity index (χ3n) is 4.77. The molecule has 2 aromatic carbocycles. The van der Waals surface area contributed by atoms with Crippen molar-refractivity contribution < 1.29 is 14.3 Å². The van der Waals surface area contributed by atoms with E-state index in [1.807, 2.05) is 54.8 Å². The predicted molar refractivity (Wildman–Crippen MR) is 119 cm³/mol. The van der Waals surface area contributed by atoms with Crippen molar-refractivity contribution in [1.82, 2.24) is 4.90 Å². The molecule has 154 valence electrons. The number of thioether (sulfide) groups is 1. The minimum Gasteiger partial charge on any atom is -0.378 e. The molecule has 0 radical (unpaired) electrons. The van der Waals surface area contributed by atoms with Crippen molar-refractivity contribution in [2.45, 2.75) is 5.75 Å². The maximum absolute atomic E-state index is 12.5. The number of carbonyl (C=O) groups is 2. The Morgan fingerprint density at radius 3 is 2.34 bits per heavy atom. The van der Waals surface area contributed by atoms with E-state index in [4.69, 9.17) is 4.74 Å². The van der Waals surface area contributed by atoms with Crippen LogP contribution in [0.5, 0.6) is 0 Å². The van der Waals surface area contributed by atoms with Crippen molar-refractivity contribution >= 4 is 35.0 Å². The summed E-state index contributed by atoms with van der Waals surface area (Å²) in [7, 11) is 1.64. The predicted octanol–water partition coefficient (Wildman–Crippen LogP) is 3.10. The van der Waals surface area contributed by atoms with Gasteiger partial charge in [0, 0.05) is 42.8 Å². The van der Waals surface area contributed by atoms with Crippen LogP contribution in [0.4, 0.5) is 11.4 Å². The molecule has 1 aliphatic rings. The molecule has 6 nitrogen and oxygen atoms in total. The first-order chi connectivity index (χ1) is 14.1. The van der Waals surface area contributed by atoms with Crippen LogP contribution in [0.3, 0.4) is 0 Å². The smallest absolute Gasteiger partial charge is 0.254 e. The maximum Gasteiger partial charge on any atom is 0.254 e. The van der Waals surface area contributed by atoms with Crippen molar-refractivity contribution in [3.63, 3.8) is 0 Å². The number of nitrogens with one attached hydrogen (secondary N) is 1. The molecular weight excluding hydrogens is 386 g/mol. The molecule has 29 heavy (non-hydrogen) atoms. The molecule has 2 amide bonds. The van der Waals surface area contributed by atoms with E-state index >= 15 is 0 Å². The number of ether oxygens (including phenoxy) is 1. The number of amides is 2. The van der Waals surface area contributed by atoms with E-state index in [1.165, 1.54) is 10.5 Å². The molecule has 0 bridgehead atoms. The standard InChI is InChI=1S/C22H27N3O3S/c1-24(22(27)18-5-3-17(4-6-18)16-29-2)15-21(26)23-19-7-9-20(10-8-19)25-11-13-28-14-12-25/h3-10H,11-16H2,1-2H3,(H,23,26). The maximum atomic E-state index is 12.5. The van der Waals surface area contributed by atoms with Crippen LogP contribution in [0.1, 0.15) is 15.9 Å². The second kappa shape index (κ2) is 10.3. The zero-order chi connectivity index (χ0) is 20.6. The van der Waals surface area contributed by atoms with E-state index in [2.05, 4.69) is 10.2 Å². The second-order valence-corrected chi connectivity index (χ2v) is 7.85. The molecule has 2 aromatic rings. The van der Waals surface area contributed by atoms with Gasteiger partial charge in [0.2, 0.25) is 5.91 Å². The van der Waals surface area contributed by atoms with Crippen molar-refractivity contribution in [3.05, 3.63) is 59.7 Å². The SMILES string of the molecule is CSCc1ccc(C(=O)N(C)CC(=O)Nc2ccc(N3CCOCC3)cc2)cc1. The average molecular weight is 414 g/mol. The van der Waals surface area contributed by atoms with Crippen LogP contribution in [0.25, 0.3) is 0 Å². The quantitative estimate of drug-likeness (QED) is 0.756. The Balaban J connectivity index is 1.52. The number of morpholine rings is 1. The van der Waals surface area contributed by atoms with Crippen LogP contribution in [-0.4, -0.2) is 62.9 Å². The molecule has 7 heteroatoms. The molecule has 1 heterocycles. The molecular formula is C22H27N3O3S. The van der Waals surface area contributed by atoms with Gasteiger partial charge in [-0.15, -0.1) is 0 Å². The van der Waals surface area contributed by atoms with Gasteiger partial charge in [-0.3, -0.25) is 9.59 Å². The monoisotopic (exact) mass is 413 g/mol. The van der Waals surface area contributed by atoms with Crippen molar-refractivity contribution in [3.8, 4) is 0 Å². The third kappa shape index (κ3) is 5.98. The number of benzene rings is 2. The Kier molecular flexibility index (Phi) is 7.55. The number of rotatable bonds is 7. The lowest BCUT2D eigenvalue weighted by Crippen LogP contribution is -2.36. The highest BCUT2D eigenvalue weighted by atomic mass is 32.2. The van der Waals surface area contributed by atoms with Crippen LogP contribution in [-0.2, 0) is 15.3 Å². The minimum atomic E-state index is -0.223. The van der Waals surface area contributed by atoms with Gasteiger partial charge in [-0.1, -0.05) is 12.1 Å². The van der Waals surface area contributed by atoms with Crippen LogP contribution in [0.15, 0.2) is 48.5 Å². The number of likely N-dealkylation sites (N-methyl/N-ethyl adjacent to an activating group) is 1. The molecule has 1 saturated heterocycles. The number of carbonyl (C=O) groups excluding carboxylic acids is 2.